The molecule has 3 rings (SSSR count). The summed E-state index contributed by atoms with van der Waals surface area (Å²) in [5.74, 6) is 1.45. The second-order valence-electron chi connectivity index (χ2n) is 7.71. The predicted molar refractivity (Wildman–Crippen MR) is 114 cm³/mol. The first-order valence-electron chi connectivity index (χ1n) is 10.8. The lowest BCUT2D eigenvalue weighted by Gasteiger charge is -2.29. The molecule has 2 fully saturated rings. The number of nitrogens with one attached hydrogen (secondary N) is 2. The van der Waals surface area contributed by atoms with Gasteiger partial charge in [0, 0.05) is 39.3 Å². The smallest absolute Gasteiger partial charge is 0.191 e. The van der Waals surface area contributed by atoms with Crippen molar-refractivity contribution in [2.75, 3.05) is 59.7 Å². The van der Waals surface area contributed by atoms with Crippen LogP contribution in [0.5, 0.6) is 0 Å². The van der Waals surface area contributed by atoms with Crippen molar-refractivity contribution in [2.45, 2.75) is 31.7 Å². The van der Waals surface area contributed by atoms with Crippen molar-refractivity contribution < 1.29 is 9.47 Å². The van der Waals surface area contributed by atoms with Crippen LogP contribution in [0.2, 0.25) is 0 Å². The van der Waals surface area contributed by atoms with Crippen molar-refractivity contribution in [1.29, 1.82) is 0 Å². The van der Waals surface area contributed by atoms with Crippen molar-refractivity contribution in [2.24, 2.45) is 10.9 Å². The van der Waals surface area contributed by atoms with Gasteiger partial charge in [0.1, 0.15) is 0 Å². The third kappa shape index (κ3) is 6.76. The van der Waals surface area contributed by atoms with Crippen LogP contribution >= 0.6 is 0 Å². The zero-order valence-corrected chi connectivity index (χ0v) is 17.2. The number of likely N-dealkylation sites (tertiary alicyclic amines) is 1. The third-order valence-electron chi connectivity index (χ3n) is 5.59. The quantitative estimate of drug-likeness (QED) is 0.366. The van der Waals surface area contributed by atoms with Gasteiger partial charge in [-0.25, -0.2) is 0 Å². The van der Waals surface area contributed by atoms with E-state index in [2.05, 4.69) is 50.9 Å². The number of hydrogen-bond acceptors (Lipinski definition) is 4. The molecule has 2 atom stereocenters. The van der Waals surface area contributed by atoms with E-state index in [1.807, 2.05) is 7.05 Å². The normalized spacial score (nSPS) is 21.8. The fourth-order valence-electron chi connectivity index (χ4n) is 3.95. The Kier molecular flexibility index (Phi) is 9.07. The molecule has 0 radical (unpaired) electrons. The summed E-state index contributed by atoms with van der Waals surface area (Å²) >= 11 is 0. The fourth-order valence-corrected chi connectivity index (χ4v) is 3.95. The Morgan fingerprint density at radius 2 is 2.07 bits per heavy atom. The number of rotatable bonds is 10. The Balaban J connectivity index is 1.36. The van der Waals surface area contributed by atoms with Gasteiger partial charge in [0.05, 0.1) is 19.3 Å². The van der Waals surface area contributed by atoms with E-state index in [1.165, 1.54) is 31.5 Å². The second-order valence-corrected chi connectivity index (χ2v) is 7.71. The van der Waals surface area contributed by atoms with Crippen LogP contribution in [-0.2, 0) is 9.47 Å². The maximum absolute atomic E-state index is 5.77. The maximum atomic E-state index is 5.77. The van der Waals surface area contributed by atoms with Gasteiger partial charge >= 0.3 is 0 Å². The van der Waals surface area contributed by atoms with Crippen LogP contribution in [0.15, 0.2) is 35.3 Å². The first-order valence-corrected chi connectivity index (χ1v) is 10.8. The minimum Gasteiger partial charge on any atom is -0.381 e. The van der Waals surface area contributed by atoms with Gasteiger partial charge in [0.25, 0.3) is 0 Å². The minimum absolute atomic E-state index is 0.388. The molecule has 1 aromatic rings. The summed E-state index contributed by atoms with van der Waals surface area (Å²) in [5.41, 5.74) is 1.37. The van der Waals surface area contributed by atoms with E-state index in [9.17, 15) is 0 Å². The molecule has 156 valence electrons. The first kappa shape index (κ1) is 21.1. The summed E-state index contributed by atoms with van der Waals surface area (Å²) in [5, 5.41) is 6.93. The lowest BCUT2D eigenvalue weighted by molar-refractivity contribution is 0.0888. The number of guanidine groups is 1. The lowest BCUT2D eigenvalue weighted by atomic mass is 10.1. The van der Waals surface area contributed by atoms with E-state index in [0.717, 1.165) is 58.3 Å². The monoisotopic (exact) mass is 388 g/mol. The average Bonchev–Trinajstić information content (AvgIpc) is 3.44. The Bertz CT molecular complexity index is 569. The topological polar surface area (TPSA) is 58.1 Å². The fraction of sp³-hybridized carbons (Fsp3) is 0.682. The SMILES string of the molecule is CN=C(NCCCOCC1CCOC1)NCC(c1ccccc1)N1CCCC1. The van der Waals surface area contributed by atoms with E-state index in [1.54, 1.807) is 0 Å². The standard InChI is InChI=1S/C22H36N4O2/c1-23-22(24-11-7-14-27-17-19-10-15-28-18-19)25-16-21(26-12-5-6-13-26)20-8-3-2-4-9-20/h2-4,8-9,19,21H,5-7,10-18H2,1H3,(H2,23,24,25). The summed E-state index contributed by atoms with van der Waals surface area (Å²) in [4.78, 5) is 6.96. The lowest BCUT2D eigenvalue weighted by Crippen LogP contribution is -2.43. The van der Waals surface area contributed by atoms with Crippen LogP contribution < -0.4 is 10.6 Å². The highest BCUT2D eigenvalue weighted by molar-refractivity contribution is 5.79. The van der Waals surface area contributed by atoms with Crippen molar-refractivity contribution in [3.63, 3.8) is 0 Å². The summed E-state index contributed by atoms with van der Waals surface area (Å²) in [6, 6.07) is 11.2. The van der Waals surface area contributed by atoms with E-state index < -0.39 is 0 Å². The molecule has 1 aromatic carbocycles. The molecule has 2 unspecified atom stereocenters. The summed E-state index contributed by atoms with van der Waals surface area (Å²) in [6.45, 7) is 7.42. The number of ether oxygens (including phenoxy) is 2. The predicted octanol–water partition coefficient (Wildman–Crippen LogP) is 2.43. The van der Waals surface area contributed by atoms with E-state index in [-0.39, 0.29) is 0 Å². The molecule has 0 aliphatic carbocycles. The molecule has 0 saturated carbocycles. The van der Waals surface area contributed by atoms with E-state index in [4.69, 9.17) is 9.47 Å². The molecular weight excluding hydrogens is 352 g/mol. The van der Waals surface area contributed by atoms with Crippen LogP contribution in [0.1, 0.15) is 37.3 Å². The molecule has 6 heteroatoms. The molecule has 6 nitrogen and oxygen atoms in total. The number of nitrogens with zero attached hydrogens (tertiary/aromatic N) is 2. The number of aliphatic imine (C=N–C) groups is 1. The van der Waals surface area contributed by atoms with Gasteiger partial charge in [-0.3, -0.25) is 9.89 Å². The minimum atomic E-state index is 0.388. The highest BCUT2D eigenvalue weighted by Gasteiger charge is 2.23. The second kappa shape index (κ2) is 12.0. The molecule has 0 bridgehead atoms. The molecule has 2 heterocycles. The summed E-state index contributed by atoms with van der Waals surface area (Å²) in [6.07, 6.45) is 4.70. The maximum Gasteiger partial charge on any atom is 0.191 e. The molecule has 2 aliphatic heterocycles. The van der Waals surface area contributed by atoms with Crippen LogP contribution in [-0.4, -0.2) is 70.5 Å². The number of benzene rings is 1. The van der Waals surface area contributed by atoms with Crippen molar-refractivity contribution in [1.82, 2.24) is 15.5 Å². The molecule has 2 aliphatic rings. The largest absolute Gasteiger partial charge is 0.381 e. The highest BCUT2D eigenvalue weighted by atomic mass is 16.5. The van der Waals surface area contributed by atoms with Crippen LogP contribution in [0, 0.1) is 5.92 Å². The zero-order chi connectivity index (χ0) is 19.4. The number of hydrogen-bond donors (Lipinski definition) is 2. The van der Waals surface area contributed by atoms with Crippen molar-refractivity contribution in [3.05, 3.63) is 35.9 Å². The molecular formula is C22H36N4O2. The highest BCUT2D eigenvalue weighted by Crippen LogP contribution is 2.24. The van der Waals surface area contributed by atoms with Gasteiger partial charge in [-0.05, 0) is 44.3 Å². The van der Waals surface area contributed by atoms with Gasteiger partial charge < -0.3 is 20.1 Å². The molecule has 0 amide bonds. The Labute approximate surface area is 169 Å². The van der Waals surface area contributed by atoms with Gasteiger partial charge in [0.15, 0.2) is 5.96 Å². The average molecular weight is 389 g/mol. The molecule has 0 spiro atoms. The van der Waals surface area contributed by atoms with E-state index in [0.29, 0.717) is 12.0 Å². The van der Waals surface area contributed by atoms with Crippen LogP contribution in [0.3, 0.4) is 0 Å². The third-order valence-corrected chi connectivity index (χ3v) is 5.59. The van der Waals surface area contributed by atoms with Gasteiger partial charge in [-0.15, -0.1) is 0 Å². The molecule has 28 heavy (non-hydrogen) atoms. The van der Waals surface area contributed by atoms with Crippen molar-refractivity contribution in [3.8, 4) is 0 Å². The Morgan fingerprint density at radius 1 is 1.25 bits per heavy atom. The van der Waals surface area contributed by atoms with Crippen LogP contribution in [0.25, 0.3) is 0 Å². The van der Waals surface area contributed by atoms with Crippen molar-refractivity contribution >= 4 is 5.96 Å². The van der Waals surface area contributed by atoms with E-state index >= 15 is 0 Å². The molecule has 2 saturated heterocycles. The molecule has 0 aromatic heterocycles. The Morgan fingerprint density at radius 3 is 2.79 bits per heavy atom. The van der Waals surface area contributed by atoms with Crippen LogP contribution in [0.4, 0.5) is 0 Å². The molecule has 2 N–H and O–H groups in total. The first-order chi connectivity index (χ1) is 13.9. The summed E-state index contributed by atoms with van der Waals surface area (Å²) < 4.78 is 11.1. The van der Waals surface area contributed by atoms with Gasteiger partial charge in [-0.2, -0.15) is 0 Å². The van der Waals surface area contributed by atoms with Gasteiger partial charge in [0.2, 0.25) is 0 Å². The van der Waals surface area contributed by atoms with Gasteiger partial charge in [-0.1, -0.05) is 30.3 Å². The summed E-state index contributed by atoms with van der Waals surface area (Å²) in [7, 11) is 1.83. The zero-order valence-electron chi connectivity index (χ0n) is 17.2. The Hall–Kier alpha value is -1.63.